The van der Waals surface area contributed by atoms with E-state index in [1.165, 1.54) is 9.75 Å². The molecule has 0 bridgehead atoms. The van der Waals surface area contributed by atoms with Crippen LogP contribution in [0.3, 0.4) is 0 Å². The van der Waals surface area contributed by atoms with Gasteiger partial charge in [0.15, 0.2) is 5.69 Å². The summed E-state index contributed by atoms with van der Waals surface area (Å²) in [6.07, 6.45) is 2.12. The Labute approximate surface area is 131 Å². The van der Waals surface area contributed by atoms with Crippen molar-refractivity contribution in [1.29, 1.82) is 5.26 Å². The largest absolute Gasteiger partial charge is 0.265 e. The average Bonchev–Trinajstić information content (AvgIpc) is 2.98. The fourth-order valence-corrected chi connectivity index (χ4v) is 4.21. The van der Waals surface area contributed by atoms with E-state index >= 15 is 0 Å². The highest BCUT2D eigenvalue weighted by Gasteiger charge is 2.33. The third kappa shape index (κ3) is 2.38. The van der Waals surface area contributed by atoms with Crippen molar-refractivity contribution in [3.05, 3.63) is 15.4 Å². The number of hydrogen-bond acceptors (Lipinski definition) is 3. The first kappa shape index (κ1) is 16.0. The van der Waals surface area contributed by atoms with Crippen LogP contribution in [0.15, 0.2) is 0 Å². The molecule has 0 saturated heterocycles. The molecule has 0 fully saturated rings. The molecule has 0 unspecified atom stereocenters. The summed E-state index contributed by atoms with van der Waals surface area (Å²) in [7, 11) is 1.95. The number of aryl methyl sites for hydroxylation is 1. The molecule has 2 aromatic rings. The fourth-order valence-electron chi connectivity index (χ4n) is 2.54. The maximum atomic E-state index is 9.46. The summed E-state index contributed by atoms with van der Waals surface area (Å²) in [6.45, 7) is 13.5. The Kier molecular flexibility index (Phi) is 3.92. The lowest BCUT2D eigenvalue weighted by Crippen LogP contribution is -2.15. The molecule has 0 saturated carbocycles. The quantitative estimate of drug-likeness (QED) is 0.807. The van der Waals surface area contributed by atoms with E-state index in [-0.39, 0.29) is 10.8 Å². The van der Waals surface area contributed by atoms with E-state index in [9.17, 15) is 5.26 Å². The zero-order chi connectivity index (χ0) is 16.0. The van der Waals surface area contributed by atoms with Crippen molar-refractivity contribution in [3.63, 3.8) is 0 Å². The van der Waals surface area contributed by atoms with Gasteiger partial charge in [-0.1, -0.05) is 41.5 Å². The number of nitrogens with zero attached hydrogens (tertiary/aromatic N) is 3. The van der Waals surface area contributed by atoms with Crippen molar-refractivity contribution in [3.8, 4) is 6.07 Å². The maximum absolute atomic E-state index is 9.46. The van der Waals surface area contributed by atoms with Crippen LogP contribution in [0.2, 0.25) is 0 Å². The number of fused-ring (bicyclic) bond motifs is 1. The van der Waals surface area contributed by atoms with E-state index in [4.69, 9.17) is 0 Å². The first-order valence-corrected chi connectivity index (χ1v) is 8.41. The van der Waals surface area contributed by atoms with Gasteiger partial charge < -0.3 is 0 Å². The molecule has 0 amide bonds. The Morgan fingerprint density at radius 1 is 1.10 bits per heavy atom. The minimum absolute atomic E-state index is 0.0691. The smallest absolute Gasteiger partial charge is 0.171 e. The number of nitriles is 1. The lowest BCUT2D eigenvalue weighted by molar-refractivity contribution is 0.515. The fraction of sp³-hybridized carbons (Fsp3) is 0.647. The first-order chi connectivity index (χ1) is 9.69. The number of thiophene rings is 1. The molecule has 0 aromatic carbocycles. The third-order valence-corrected chi connectivity index (χ3v) is 6.71. The van der Waals surface area contributed by atoms with Crippen molar-refractivity contribution in [2.24, 2.45) is 7.05 Å². The van der Waals surface area contributed by atoms with Gasteiger partial charge in [-0.15, -0.1) is 11.3 Å². The van der Waals surface area contributed by atoms with Crippen LogP contribution in [-0.4, -0.2) is 9.78 Å². The summed E-state index contributed by atoms with van der Waals surface area (Å²) in [5.74, 6) is 0. The van der Waals surface area contributed by atoms with Gasteiger partial charge in [-0.3, -0.25) is 4.68 Å². The second-order valence-corrected chi connectivity index (χ2v) is 8.06. The number of aromatic nitrogens is 2. The lowest BCUT2D eigenvalue weighted by Gasteiger charge is -2.23. The molecule has 0 aliphatic carbocycles. The molecule has 0 aliphatic rings. The van der Waals surface area contributed by atoms with Crippen molar-refractivity contribution < 1.29 is 0 Å². The molecule has 0 aliphatic heterocycles. The highest BCUT2D eigenvalue weighted by molar-refractivity contribution is 7.14. The standard InChI is InChI=1S/C17H25N3S/c1-8-16(3,4)14-12-11(10-18)19-20(7)13(12)15(21-14)17(5,6)9-2/h8-9H2,1-7H3. The molecule has 114 valence electrons. The monoisotopic (exact) mass is 303 g/mol. The SMILES string of the molecule is CCC(C)(C)c1sc(C(C)(C)CC)c2c1c(C#N)nn2C. The van der Waals surface area contributed by atoms with Gasteiger partial charge in [0.2, 0.25) is 0 Å². The molecule has 21 heavy (non-hydrogen) atoms. The van der Waals surface area contributed by atoms with E-state index in [0.29, 0.717) is 5.69 Å². The molecule has 2 rings (SSSR count). The van der Waals surface area contributed by atoms with Gasteiger partial charge in [0.25, 0.3) is 0 Å². The van der Waals surface area contributed by atoms with Gasteiger partial charge in [0, 0.05) is 22.2 Å². The molecule has 0 atom stereocenters. The van der Waals surface area contributed by atoms with Crippen LogP contribution in [-0.2, 0) is 17.9 Å². The predicted molar refractivity (Wildman–Crippen MR) is 89.9 cm³/mol. The molecular weight excluding hydrogens is 278 g/mol. The molecule has 0 N–H and O–H groups in total. The second kappa shape index (κ2) is 5.14. The minimum atomic E-state index is 0.0691. The van der Waals surface area contributed by atoms with Gasteiger partial charge in [0.05, 0.1) is 10.9 Å². The van der Waals surface area contributed by atoms with Gasteiger partial charge in [-0.25, -0.2) is 0 Å². The van der Waals surface area contributed by atoms with Gasteiger partial charge in [0.1, 0.15) is 6.07 Å². The molecule has 2 aromatic heterocycles. The van der Waals surface area contributed by atoms with E-state index in [0.717, 1.165) is 23.7 Å². The summed E-state index contributed by atoms with van der Waals surface area (Å²) in [5.41, 5.74) is 1.89. The van der Waals surface area contributed by atoms with E-state index < -0.39 is 0 Å². The Bertz CT molecular complexity index is 711. The summed E-state index contributed by atoms with van der Waals surface area (Å²) in [6, 6.07) is 2.28. The molecule has 4 heteroatoms. The maximum Gasteiger partial charge on any atom is 0.171 e. The second-order valence-electron chi connectivity index (χ2n) is 7.04. The number of hydrogen-bond donors (Lipinski definition) is 0. The van der Waals surface area contributed by atoms with Gasteiger partial charge in [-0.05, 0) is 18.3 Å². The summed E-state index contributed by atoms with van der Waals surface area (Å²) >= 11 is 1.87. The predicted octanol–water partition coefficient (Wildman–Crippen LogP) is 4.88. The molecule has 0 radical (unpaired) electrons. The van der Waals surface area contributed by atoms with Crippen LogP contribution >= 0.6 is 11.3 Å². The van der Waals surface area contributed by atoms with Gasteiger partial charge in [-0.2, -0.15) is 10.4 Å². The Balaban J connectivity index is 2.92. The summed E-state index contributed by atoms with van der Waals surface area (Å²) in [4.78, 5) is 2.66. The Morgan fingerprint density at radius 2 is 1.62 bits per heavy atom. The van der Waals surface area contributed by atoms with E-state index in [2.05, 4.69) is 52.7 Å². The molecule has 2 heterocycles. The van der Waals surface area contributed by atoms with E-state index in [1.807, 2.05) is 23.1 Å². The Hall–Kier alpha value is -1.34. The zero-order valence-corrected chi connectivity index (χ0v) is 15.0. The normalized spacial score (nSPS) is 12.9. The average molecular weight is 303 g/mol. The van der Waals surface area contributed by atoms with Crippen LogP contribution in [0, 0.1) is 11.3 Å². The zero-order valence-electron chi connectivity index (χ0n) is 14.2. The molecule has 3 nitrogen and oxygen atoms in total. The van der Waals surface area contributed by atoms with Crippen LogP contribution in [0.4, 0.5) is 0 Å². The first-order valence-electron chi connectivity index (χ1n) is 7.60. The highest BCUT2D eigenvalue weighted by Crippen LogP contribution is 2.46. The number of rotatable bonds is 4. The summed E-state index contributed by atoms with van der Waals surface area (Å²) < 4.78 is 1.90. The van der Waals surface area contributed by atoms with E-state index in [1.54, 1.807) is 0 Å². The van der Waals surface area contributed by atoms with Crippen molar-refractivity contribution in [2.45, 2.75) is 65.2 Å². The van der Waals surface area contributed by atoms with Crippen molar-refractivity contribution in [1.82, 2.24) is 9.78 Å². The molecular formula is C17H25N3S. The minimum Gasteiger partial charge on any atom is -0.265 e. The highest BCUT2D eigenvalue weighted by atomic mass is 32.1. The van der Waals surface area contributed by atoms with Gasteiger partial charge >= 0.3 is 0 Å². The van der Waals surface area contributed by atoms with Crippen molar-refractivity contribution in [2.75, 3.05) is 0 Å². The third-order valence-electron chi connectivity index (χ3n) is 4.80. The Morgan fingerprint density at radius 3 is 2.10 bits per heavy atom. The van der Waals surface area contributed by atoms with Crippen LogP contribution in [0.5, 0.6) is 0 Å². The van der Waals surface area contributed by atoms with Crippen molar-refractivity contribution >= 4 is 22.2 Å². The summed E-state index contributed by atoms with van der Waals surface area (Å²) in [5, 5.41) is 15.0. The molecule has 0 spiro atoms. The van der Waals surface area contributed by atoms with Crippen LogP contribution < -0.4 is 0 Å². The topological polar surface area (TPSA) is 41.6 Å². The van der Waals surface area contributed by atoms with Crippen LogP contribution in [0.25, 0.3) is 10.9 Å². The van der Waals surface area contributed by atoms with Crippen LogP contribution in [0.1, 0.15) is 69.8 Å². The lowest BCUT2D eigenvalue weighted by atomic mass is 9.85.